The minimum atomic E-state index is 0.813. The second-order valence-electron chi connectivity index (χ2n) is 5.29. The van der Waals surface area contributed by atoms with Crippen molar-refractivity contribution in [1.82, 2.24) is 5.32 Å². The van der Waals surface area contributed by atoms with Crippen LogP contribution >= 0.6 is 11.6 Å². The predicted molar refractivity (Wildman–Crippen MR) is 92.0 cm³/mol. The van der Waals surface area contributed by atoms with Crippen LogP contribution in [0.5, 0.6) is 0 Å². The van der Waals surface area contributed by atoms with Gasteiger partial charge in [0, 0.05) is 30.8 Å². The van der Waals surface area contributed by atoms with Crippen molar-refractivity contribution in [1.29, 1.82) is 0 Å². The number of benzene rings is 2. The molecule has 0 heterocycles. The fraction of sp³-hybridized carbons (Fsp3) is 0.333. The van der Waals surface area contributed by atoms with Gasteiger partial charge in [-0.05, 0) is 42.3 Å². The minimum absolute atomic E-state index is 0.813. The first-order valence-electron chi connectivity index (χ1n) is 7.45. The third kappa shape index (κ3) is 4.76. The van der Waals surface area contributed by atoms with E-state index in [0.717, 1.165) is 30.2 Å². The van der Waals surface area contributed by atoms with Gasteiger partial charge >= 0.3 is 0 Å². The van der Waals surface area contributed by atoms with Crippen molar-refractivity contribution in [2.75, 3.05) is 18.5 Å². The van der Waals surface area contributed by atoms with Crippen LogP contribution in [0.25, 0.3) is 0 Å². The Balaban J connectivity index is 1.96. The molecule has 0 radical (unpaired) electrons. The normalized spacial score (nSPS) is 10.6. The molecule has 21 heavy (non-hydrogen) atoms. The van der Waals surface area contributed by atoms with Crippen molar-refractivity contribution in [3.63, 3.8) is 0 Å². The molecule has 2 rings (SSSR count). The van der Waals surface area contributed by atoms with E-state index in [1.807, 2.05) is 18.2 Å². The van der Waals surface area contributed by atoms with Crippen LogP contribution in [0.1, 0.15) is 24.5 Å². The topological polar surface area (TPSA) is 15.3 Å². The zero-order chi connectivity index (χ0) is 15.1. The van der Waals surface area contributed by atoms with Gasteiger partial charge in [0.15, 0.2) is 0 Å². The van der Waals surface area contributed by atoms with Gasteiger partial charge in [-0.2, -0.15) is 0 Å². The maximum Gasteiger partial charge on any atom is 0.0455 e. The zero-order valence-electron chi connectivity index (χ0n) is 12.8. The van der Waals surface area contributed by atoms with Crippen LogP contribution in [-0.2, 0) is 13.1 Å². The Bertz CT molecular complexity index is 551. The van der Waals surface area contributed by atoms with E-state index in [1.165, 1.54) is 17.7 Å². The molecule has 0 aromatic heterocycles. The molecule has 3 heteroatoms. The lowest BCUT2D eigenvalue weighted by molar-refractivity contribution is 0.675. The first-order chi connectivity index (χ1) is 10.2. The largest absolute Gasteiger partial charge is 0.370 e. The van der Waals surface area contributed by atoms with Crippen molar-refractivity contribution in [3.05, 3.63) is 64.7 Å². The number of nitrogens with one attached hydrogen (secondary N) is 1. The van der Waals surface area contributed by atoms with E-state index in [0.29, 0.717) is 0 Å². The summed E-state index contributed by atoms with van der Waals surface area (Å²) in [6, 6.07) is 16.7. The maximum atomic E-state index is 6.22. The quantitative estimate of drug-likeness (QED) is 0.759. The third-order valence-corrected chi connectivity index (χ3v) is 3.87. The van der Waals surface area contributed by atoms with Crippen molar-refractivity contribution in [3.8, 4) is 0 Å². The number of halogens is 1. The van der Waals surface area contributed by atoms with E-state index in [4.69, 9.17) is 11.6 Å². The molecule has 0 atom stereocenters. The summed E-state index contributed by atoms with van der Waals surface area (Å²) >= 11 is 6.22. The van der Waals surface area contributed by atoms with Crippen molar-refractivity contribution >= 4 is 17.3 Å². The molecule has 0 saturated heterocycles. The SMILES string of the molecule is CCCNCc1ccc(N(C)Cc2ccccc2Cl)cc1. The van der Waals surface area contributed by atoms with Crippen molar-refractivity contribution in [2.45, 2.75) is 26.4 Å². The highest BCUT2D eigenvalue weighted by Gasteiger charge is 2.05. The molecular weight excluding hydrogens is 280 g/mol. The van der Waals surface area contributed by atoms with Gasteiger partial charge in [0.2, 0.25) is 0 Å². The summed E-state index contributed by atoms with van der Waals surface area (Å²) in [5.74, 6) is 0. The molecular formula is C18H23ClN2. The number of hydrogen-bond donors (Lipinski definition) is 1. The van der Waals surface area contributed by atoms with Crippen LogP contribution in [-0.4, -0.2) is 13.6 Å². The average molecular weight is 303 g/mol. The summed E-state index contributed by atoms with van der Waals surface area (Å²) in [7, 11) is 2.09. The summed E-state index contributed by atoms with van der Waals surface area (Å²) in [5.41, 5.74) is 3.67. The van der Waals surface area contributed by atoms with Crippen LogP contribution < -0.4 is 10.2 Å². The standard InChI is InChI=1S/C18H23ClN2/c1-3-12-20-13-15-8-10-17(11-9-15)21(2)14-16-6-4-5-7-18(16)19/h4-11,20H,3,12-14H2,1-2H3. The van der Waals surface area contributed by atoms with E-state index < -0.39 is 0 Å². The van der Waals surface area contributed by atoms with Crippen molar-refractivity contribution < 1.29 is 0 Å². The van der Waals surface area contributed by atoms with Crippen LogP contribution in [0.15, 0.2) is 48.5 Å². The maximum absolute atomic E-state index is 6.22. The molecule has 2 aromatic rings. The molecule has 0 spiro atoms. The second kappa shape index (κ2) is 8.06. The molecule has 0 aliphatic rings. The monoisotopic (exact) mass is 302 g/mol. The lowest BCUT2D eigenvalue weighted by atomic mass is 10.1. The van der Waals surface area contributed by atoms with E-state index >= 15 is 0 Å². The molecule has 0 aliphatic carbocycles. The van der Waals surface area contributed by atoms with Crippen LogP contribution in [0.2, 0.25) is 5.02 Å². The predicted octanol–water partition coefficient (Wildman–Crippen LogP) is 4.48. The molecule has 2 nitrogen and oxygen atoms in total. The highest BCUT2D eigenvalue weighted by molar-refractivity contribution is 6.31. The molecule has 0 bridgehead atoms. The van der Waals surface area contributed by atoms with Gasteiger partial charge in [0.25, 0.3) is 0 Å². The van der Waals surface area contributed by atoms with Crippen molar-refractivity contribution in [2.24, 2.45) is 0 Å². The highest BCUT2D eigenvalue weighted by atomic mass is 35.5. The molecule has 0 aliphatic heterocycles. The van der Waals surface area contributed by atoms with Crippen LogP contribution in [0.3, 0.4) is 0 Å². The third-order valence-electron chi connectivity index (χ3n) is 3.50. The molecule has 2 aromatic carbocycles. The molecule has 112 valence electrons. The second-order valence-corrected chi connectivity index (χ2v) is 5.70. The van der Waals surface area contributed by atoms with E-state index in [1.54, 1.807) is 0 Å². The fourth-order valence-corrected chi connectivity index (χ4v) is 2.45. The lowest BCUT2D eigenvalue weighted by Gasteiger charge is -2.20. The van der Waals surface area contributed by atoms with Gasteiger partial charge in [-0.25, -0.2) is 0 Å². The molecule has 0 fully saturated rings. The molecule has 1 N–H and O–H groups in total. The Kier molecular flexibility index (Phi) is 6.09. The van der Waals surface area contributed by atoms with Crippen LogP contribution in [0, 0.1) is 0 Å². The highest BCUT2D eigenvalue weighted by Crippen LogP contribution is 2.20. The fourth-order valence-electron chi connectivity index (χ4n) is 2.25. The summed E-state index contributed by atoms with van der Waals surface area (Å²) < 4.78 is 0. The number of anilines is 1. The first-order valence-corrected chi connectivity index (χ1v) is 7.82. The van der Waals surface area contributed by atoms with Gasteiger partial charge in [-0.1, -0.05) is 48.9 Å². The Labute approximate surface area is 132 Å². The van der Waals surface area contributed by atoms with E-state index in [9.17, 15) is 0 Å². The summed E-state index contributed by atoms with van der Waals surface area (Å²) in [5, 5.41) is 4.24. The molecule has 0 unspecified atom stereocenters. The van der Waals surface area contributed by atoms with Gasteiger partial charge in [0.1, 0.15) is 0 Å². The van der Waals surface area contributed by atoms with Gasteiger partial charge < -0.3 is 10.2 Å². The van der Waals surface area contributed by atoms with Gasteiger partial charge in [0.05, 0.1) is 0 Å². The van der Waals surface area contributed by atoms with Gasteiger partial charge in [-0.15, -0.1) is 0 Å². The summed E-state index contributed by atoms with van der Waals surface area (Å²) in [6.45, 7) is 4.99. The summed E-state index contributed by atoms with van der Waals surface area (Å²) in [4.78, 5) is 2.21. The number of rotatable bonds is 7. The van der Waals surface area contributed by atoms with E-state index in [2.05, 4.69) is 54.5 Å². The average Bonchev–Trinajstić information content (AvgIpc) is 2.50. The number of nitrogens with zero attached hydrogens (tertiary/aromatic N) is 1. The molecule has 0 amide bonds. The number of hydrogen-bond acceptors (Lipinski definition) is 2. The molecule has 0 saturated carbocycles. The van der Waals surface area contributed by atoms with E-state index in [-0.39, 0.29) is 0 Å². The smallest absolute Gasteiger partial charge is 0.0455 e. The minimum Gasteiger partial charge on any atom is -0.370 e. The van der Waals surface area contributed by atoms with Crippen LogP contribution in [0.4, 0.5) is 5.69 Å². The lowest BCUT2D eigenvalue weighted by Crippen LogP contribution is -2.17. The Hall–Kier alpha value is -1.51. The Morgan fingerprint density at radius 2 is 1.76 bits per heavy atom. The van der Waals surface area contributed by atoms with Gasteiger partial charge in [-0.3, -0.25) is 0 Å². The Morgan fingerprint density at radius 3 is 2.43 bits per heavy atom. The summed E-state index contributed by atoms with van der Waals surface area (Å²) in [6.07, 6.45) is 1.17. The zero-order valence-corrected chi connectivity index (χ0v) is 13.5. The Morgan fingerprint density at radius 1 is 1.05 bits per heavy atom. The first kappa shape index (κ1) is 15.9.